The van der Waals surface area contributed by atoms with E-state index in [1.807, 2.05) is 43.5 Å². The minimum Gasteiger partial charge on any atom is -0.490 e. The highest BCUT2D eigenvalue weighted by atomic mass is 16.6. The van der Waals surface area contributed by atoms with E-state index in [0.29, 0.717) is 42.8 Å². The molecule has 0 radical (unpaired) electrons. The number of aliphatic hydroxyl groups is 1. The molecule has 0 atom stereocenters. The van der Waals surface area contributed by atoms with Crippen molar-refractivity contribution in [2.45, 2.75) is 78.0 Å². The predicted octanol–water partition coefficient (Wildman–Crippen LogP) is 5.06. The van der Waals surface area contributed by atoms with Crippen LogP contribution in [-0.4, -0.2) is 57.3 Å². The molecule has 0 unspecified atom stereocenters. The normalized spacial score (nSPS) is 18.3. The SMILES string of the molecule is CC(C)(C)OC(O)=[N+]1CCC(Oc2cc(C(C)(C)C)ccc2CN2C(=O)c3ccccc3C2=O)CC1. The second-order valence-electron chi connectivity index (χ2n) is 11.6. The lowest BCUT2D eigenvalue weighted by atomic mass is 9.86. The molecule has 1 fully saturated rings. The van der Waals surface area contributed by atoms with Gasteiger partial charge in [0.25, 0.3) is 11.8 Å². The third-order valence-electron chi connectivity index (χ3n) is 6.54. The highest BCUT2D eigenvalue weighted by Crippen LogP contribution is 2.33. The minimum absolute atomic E-state index is 0.0537. The number of fused-ring (bicyclic) bond motifs is 1. The molecule has 7 nitrogen and oxygen atoms in total. The van der Waals surface area contributed by atoms with Crippen molar-refractivity contribution >= 4 is 17.9 Å². The van der Waals surface area contributed by atoms with Gasteiger partial charge in [0.1, 0.15) is 17.5 Å². The van der Waals surface area contributed by atoms with Crippen molar-refractivity contribution in [2.24, 2.45) is 0 Å². The van der Waals surface area contributed by atoms with E-state index >= 15 is 0 Å². The van der Waals surface area contributed by atoms with Gasteiger partial charge in [-0.05, 0) is 49.9 Å². The van der Waals surface area contributed by atoms with Crippen LogP contribution in [-0.2, 0) is 16.7 Å². The van der Waals surface area contributed by atoms with Crippen molar-refractivity contribution in [1.29, 1.82) is 0 Å². The standard InChI is InChI=1S/C29H36N2O5/c1-28(2,3)20-12-11-19(18-31-25(32)22-9-7-8-10-23(22)26(31)33)24(17-20)35-21-13-15-30(16-14-21)27(34)36-29(4,5)6/h7-12,17,21H,13-16,18H2,1-6H3/p+1. The first-order valence-corrected chi connectivity index (χ1v) is 12.6. The Hall–Kier alpha value is -3.35. The Kier molecular flexibility index (Phi) is 6.86. The van der Waals surface area contributed by atoms with Crippen LogP contribution in [0.4, 0.5) is 0 Å². The lowest BCUT2D eigenvalue weighted by Gasteiger charge is -2.27. The minimum atomic E-state index is -0.468. The number of hydrogen-bond acceptors (Lipinski definition) is 4. The summed E-state index contributed by atoms with van der Waals surface area (Å²) in [4.78, 5) is 27.2. The van der Waals surface area contributed by atoms with E-state index in [-0.39, 0.29) is 36.0 Å². The summed E-state index contributed by atoms with van der Waals surface area (Å²) in [6.45, 7) is 13.5. The number of hydrogen-bond donors (Lipinski definition) is 1. The molecule has 36 heavy (non-hydrogen) atoms. The van der Waals surface area contributed by atoms with Gasteiger partial charge in [-0.3, -0.25) is 14.5 Å². The quantitative estimate of drug-likeness (QED) is 0.366. The highest BCUT2D eigenvalue weighted by Gasteiger charge is 2.36. The summed E-state index contributed by atoms with van der Waals surface area (Å²) in [5, 5.41) is 10.3. The number of amides is 2. The zero-order valence-corrected chi connectivity index (χ0v) is 22.1. The topological polar surface area (TPSA) is 79.1 Å². The van der Waals surface area contributed by atoms with Crippen LogP contribution in [0.25, 0.3) is 0 Å². The third kappa shape index (κ3) is 5.55. The maximum atomic E-state index is 13.0. The van der Waals surface area contributed by atoms with Crippen molar-refractivity contribution in [3.05, 3.63) is 64.7 Å². The summed E-state index contributed by atoms with van der Waals surface area (Å²) in [7, 11) is 0. The summed E-state index contributed by atoms with van der Waals surface area (Å²) in [5.74, 6) is 0.135. The third-order valence-corrected chi connectivity index (χ3v) is 6.54. The van der Waals surface area contributed by atoms with Gasteiger partial charge in [-0.15, -0.1) is 0 Å². The van der Waals surface area contributed by atoms with Gasteiger partial charge in [0.2, 0.25) is 0 Å². The number of carbonyl (C=O) groups is 2. The number of piperidine rings is 1. The monoisotopic (exact) mass is 493 g/mol. The van der Waals surface area contributed by atoms with Crippen molar-refractivity contribution in [3.63, 3.8) is 0 Å². The number of ether oxygens (including phenoxy) is 2. The first-order chi connectivity index (χ1) is 16.8. The van der Waals surface area contributed by atoms with Crippen LogP contribution in [0.1, 0.15) is 86.2 Å². The zero-order valence-electron chi connectivity index (χ0n) is 22.1. The number of benzene rings is 2. The molecule has 2 heterocycles. The number of rotatable bonds is 4. The average molecular weight is 494 g/mol. The fourth-order valence-corrected chi connectivity index (χ4v) is 4.50. The molecule has 0 spiro atoms. The Morgan fingerprint density at radius 2 is 1.56 bits per heavy atom. The lowest BCUT2D eigenvalue weighted by Crippen LogP contribution is -2.39. The van der Waals surface area contributed by atoms with Crippen LogP contribution in [0, 0.1) is 0 Å². The van der Waals surface area contributed by atoms with Crippen LogP contribution in [0.15, 0.2) is 42.5 Å². The van der Waals surface area contributed by atoms with Gasteiger partial charge < -0.3 is 14.6 Å². The fraction of sp³-hybridized carbons (Fsp3) is 0.483. The van der Waals surface area contributed by atoms with Gasteiger partial charge in [-0.1, -0.05) is 45.0 Å². The van der Waals surface area contributed by atoms with Crippen molar-refractivity contribution in [1.82, 2.24) is 4.90 Å². The summed E-state index contributed by atoms with van der Waals surface area (Å²) < 4.78 is 13.9. The van der Waals surface area contributed by atoms with E-state index in [4.69, 9.17) is 9.47 Å². The highest BCUT2D eigenvalue weighted by molar-refractivity contribution is 6.21. The summed E-state index contributed by atoms with van der Waals surface area (Å²) >= 11 is 0. The molecule has 1 saturated heterocycles. The molecule has 4 rings (SSSR count). The first kappa shape index (κ1) is 25.7. The summed E-state index contributed by atoms with van der Waals surface area (Å²) in [6.07, 6.45) is 1.31. The molecular formula is C29H37N2O5+. The molecule has 2 aliphatic heterocycles. The molecule has 2 aromatic carbocycles. The van der Waals surface area contributed by atoms with E-state index in [9.17, 15) is 14.7 Å². The van der Waals surface area contributed by atoms with Crippen molar-refractivity contribution < 1.29 is 28.7 Å². The number of nitrogens with zero attached hydrogens (tertiary/aromatic N) is 2. The summed E-state index contributed by atoms with van der Waals surface area (Å²) in [5.41, 5.74) is 2.25. The Bertz CT molecular complexity index is 1160. The smallest absolute Gasteiger partial charge is 0.490 e. The molecule has 7 heteroatoms. The van der Waals surface area contributed by atoms with Gasteiger partial charge in [-0.25, -0.2) is 0 Å². The largest absolute Gasteiger partial charge is 0.547 e. The van der Waals surface area contributed by atoms with Crippen LogP contribution >= 0.6 is 0 Å². The number of imide groups is 1. The van der Waals surface area contributed by atoms with E-state index in [0.717, 1.165) is 11.1 Å². The van der Waals surface area contributed by atoms with Crippen LogP contribution in [0.2, 0.25) is 0 Å². The van der Waals surface area contributed by atoms with Gasteiger partial charge >= 0.3 is 6.08 Å². The van der Waals surface area contributed by atoms with Gasteiger partial charge in [0.05, 0.1) is 17.7 Å². The van der Waals surface area contributed by atoms with E-state index in [1.54, 1.807) is 24.3 Å². The molecule has 2 aromatic rings. The molecule has 0 aromatic heterocycles. The predicted molar refractivity (Wildman–Crippen MR) is 138 cm³/mol. The first-order valence-electron chi connectivity index (χ1n) is 12.6. The van der Waals surface area contributed by atoms with E-state index in [1.165, 1.54) is 4.90 Å². The Labute approximate surface area is 213 Å². The molecular weight excluding hydrogens is 456 g/mol. The molecule has 0 bridgehead atoms. The number of carbonyl (C=O) groups excluding carboxylic acids is 2. The maximum absolute atomic E-state index is 13.0. The molecule has 0 aliphatic carbocycles. The van der Waals surface area contributed by atoms with E-state index < -0.39 is 5.60 Å². The maximum Gasteiger partial charge on any atom is 0.547 e. The fourth-order valence-electron chi connectivity index (χ4n) is 4.50. The second-order valence-corrected chi connectivity index (χ2v) is 11.6. The van der Waals surface area contributed by atoms with Crippen molar-refractivity contribution in [2.75, 3.05) is 13.1 Å². The van der Waals surface area contributed by atoms with Crippen LogP contribution in [0.3, 0.4) is 0 Å². The Morgan fingerprint density at radius 3 is 2.08 bits per heavy atom. The zero-order chi connectivity index (χ0) is 26.3. The average Bonchev–Trinajstić information content (AvgIpc) is 3.04. The molecule has 2 aliphatic rings. The lowest BCUT2D eigenvalue weighted by molar-refractivity contribution is -0.558. The Morgan fingerprint density at radius 1 is 0.972 bits per heavy atom. The summed E-state index contributed by atoms with van der Waals surface area (Å²) in [6, 6.07) is 13.0. The Balaban J connectivity index is 1.54. The van der Waals surface area contributed by atoms with Crippen LogP contribution in [0.5, 0.6) is 5.75 Å². The molecule has 1 N–H and O–H groups in total. The van der Waals surface area contributed by atoms with Gasteiger partial charge in [-0.2, -0.15) is 4.58 Å². The van der Waals surface area contributed by atoms with Gasteiger partial charge in [0.15, 0.2) is 13.1 Å². The number of aliphatic hydroxyl groups excluding tert-OH is 1. The van der Waals surface area contributed by atoms with E-state index in [2.05, 4.69) is 20.8 Å². The molecule has 0 saturated carbocycles. The van der Waals surface area contributed by atoms with Crippen LogP contribution < -0.4 is 4.74 Å². The molecule has 2 amide bonds. The molecule has 192 valence electrons. The van der Waals surface area contributed by atoms with Crippen molar-refractivity contribution in [3.8, 4) is 5.75 Å². The van der Waals surface area contributed by atoms with Gasteiger partial charge in [0, 0.05) is 18.4 Å². The second kappa shape index (κ2) is 9.60.